The maximum Gasteiger partial charge on any atom is 0.167 e. The molecule has 232 valence electrons. The average Bonchev–Trinajstić information content (AvgIpc) is 3.68. The first-order valence-electron chi connectivity index (χ1n) is 15.6. The number of aryl methyl sites for hydroxylation is 1. The van der Waals surface area contributed by atoms with Gasteiger partial charge in [-0.15, -0.1) is 0 Å². The summed E-state index contributed by atoms with van der Waals surface area (Å²) in [6.07, 6.45) is 6.35. The van der Waals surface area contributed by atoms with Gasteiger partial charge in [0.2, 0.25) is 0 Å². The number of aromatic nitrogens is 6. The quantitative estimate of drug-likeness (QED) is 0.242. The minimum atomic E-state index is -0.701. The van der Waals surface area contributed by atoms with Gasteiger partial charge < -0.3 is 24.9 Å². The van der Waals surface area contributed by atoms with Gasteiger partial charge in [-0.05, 0) is 70.2 Å². The van der Waals surface area contributed by atoms with Crippen LogP contribution in [0.4, 0.5) is 5.82 Å². The number of H-pyrrole nitrogens is 1. The van der Waals surface area contributed by atoms with E-state index in [1.165, 1.54) is 11.9 Å². The second kappa shape index (κ2) is 11.4. The number of aromatic amines is 1. The fraction of sp³-hybridized carbons (Fsp3) is 0.625. The number of nitrogen functional groups attached to an aromatic ring is 1. The number of nitrogens with two attached hydrogens (primary N) is 1. The monoisotopic (exact) mass is 590 g/mol. The zero-order chi connectivity index (χ0) is 30.5. The summed E-state index contributed by atoms with van der Waals surface area (Å²) in [5.74, 6) is 0.714. The topological polar surface area (TPSA) is 129 Å². The Morgan fingerprint density at radius 3 is 2.63 bits per heavy atom. The molecule has 5 heterocycles. The summed E-state index contributed by atoms with van der Waals surface area (Å²) in [6, 6.07) is 6.93. The molecule has 0 radical (unpaired) electrons. The molecule has 3 aromatic heterocycles. The number of benzene rings is 1. The lowest BCUT2D eigenvalue weighted by atomic mass is 9.87. The van der Waals surface area contributed by atoms with Crippen LogP contribution in [0, 0.1) is 0 Å². The van der Waals surface area contributed by atoms with Gasteiger partial charge in [-0.25, -0.2) is 19.9 Å². The number of fused-ring (bicyclic) bond motifs is 3. The van der Waals surface area contributed by atoms with Crippen LogP contribution in [0.2, 0.25) is 0 Å². The third kappa shape index (κ3) is 6.13. The van der Waals surface area contributed by atoms with Gasteiger partial charge in [-0.2, -0.15) is 0 Å². The molecule has 4 aromatic rings. The average molecular weight is 591 g/mol. The number of nitrogens with one attached hydrogen (secondary N) is 1. The Balaban J connectivity index is 1.07. The largest absolute Gasteiger partial charge is 0.382 e. The predicted octanol–water partition coefficient (Wildman–Crippen LogP) is 5.12. The van der Waals surface area contributed by atoms with E-state index >= 15 is 0 Å². The Hall–Kier alpha value is -3.12. The minimum Gasteiger partial charge on any atom is -0.382 e. The van der Waals surface area contributed by atoms with E-state index in [1.54, 1.807) is 6.33 Å². The van der Waals surface area contributed by atoms with E-state index in [0.717, 1.165) is 55.6 Å². The molecule has 0 spiro atoms. The highest BCUT2D eigenvalue weighted by Crippen LogP contribution is 2.44. The van der Waals surface area contributed by atoms with Gasteiger partial charge in [0.15, 0.2) is 23.5 Å². The number of hydrogen-bond acceptors (Lipinski definition) is 9. The Labute approximate surface area is 253 Å². The zero-order valence-electron chi connectivity index (χ0n) is 26.5. The normalized spacial score (nSPS) is 23.7. The van der Waals surface area contributed by atoms with Crippen LogP contribution >= 0.6 is 0 Å². The zero-order valence-corrected chi connectivity index (χ0v) is 26.5. The fourth-order valence-corrected chi connectivity index (χ4v) is 6.31. The van der Waals surface area contributed by atoms with Crippen LogP contribution in [-0.2, 0) is 26.0 Å². The lowest BCUT2D eigenvalue weighted by Gasteiger charge is -2.31. The molecule has 11 nitrogen and oxygen atoms in total. The summed E-state index contributed by atoms with van der Waals surface area (Å²) in [6.45, 7) is 16.8. The fourth-order valence-electron chi connectivity index (χ4n) is 6.31. The number of ether oxygens (including phenoxy) is 3. The van der Waals surface area contributed by atoms with E-state index in [1.807, 2.05) is 18.4 Å². The van der Waals surface area contributed by atoms with E-state index in [4.69, 9.17) is 24.9 Å². The first kappa shape index (κ1) is 29.9. The first-order chi connectivity index (χ1) is 20.4. The van der Waals surface area contributed by atoms with Gasteiger partial charge >= 0.3 is 0 Å². The van der Waals surface area contributed by atoms with E-state index in [-0.39, 0.29) is 23.7 Å². The number of anilines is 1. The van der Waals surface area contributed by atoms with Crippen LogP contribution < -0.4 is 5.73 Å². The Morgan fingerprint density at radius 1 is 1.07 bits per heavy atom. The molecule has 0 bridgehead atoms. The maximum atomic E-state index is 6.66. The van der Waals surface area contributed by atoms with Gasteiger partial charge in [0.1, 0.15) is 36.0 Å². The molecule has 2 saturated heterocycles. The van der Waals surface area contributed by atoms with Crippen molar-refractivity contribution in [1.82, 2.24) is 34.4 Å². The summed E-state index contributed by atoms with van der Waals surface area (Å²) >= 11 is 0. The highest BCUT2D eigenvalue weighted by molar-refractivity contribution is 5.81. The molecule has 6 rings (SSSR count). The standard InChI is InChI=1S/C32H46N8O3/c1-19(2)39(14-10-8-9-11-24-37-21-13-12-20(31(3,4)5)15-22(21)38-24)16-23-26-27(43-32(6,7)42-26)30(41-23)40-18-36-25-28(33)34-17-35-29(25)40/h12-13,15,17-19,23,26-27,30H,8-11,14,16H2,1-7H3,(H,37,38)(H2,33,34,35)/t23-,26-,27-,30-/m1/s1. The highest BCUT2D eigenvalue weighted by atomic mass is 16.8. The number of imidazole rings is 2. The summed E-state index contributed by atoms with van der Waals surface area (Å²) in [5.41, 5.74) is 10.9. The van der Waals surface area contributed by atoms with Gasteiger partial charge in [0, 0.05) is 19.0 Å². The van der Waals surface area contributed by atoms with E-state index in [9.17, 15) is 0 Å². The molecule has 2 aliphatic heterocycles. The van der Waals surface area contributed by atoms with E-state index < -0.39 is 12.0 Å². The smallest absolute Gasteiger partial charge is 0.167 e. The van der Waals surface area contributed by atoms with Crippen molar-refractivity contribution in [3.8, 4) is 0 Å². The third-order valence-corrected chi connectivity index (χ3v) is 8.69. The van der Waals surface area contributed by atoms with Crippen LogP contribution in [0.15, 0.2) is 30.9 Å². The maximum absolute atomic E-state index is 6.66. The van der Waals surface area contributed by atoms with E-state index in [2.05, 4.69) is 77.7 Å². The van der Waals surface area contributed by atoms with Gasteiger partial charge in [0.25, 0.3) is 0 Å². The molecule has 0 unspecified atom stereocenters. The second-order valence-corrected chi connectivity index (χ2v) is 13.8. The molecule has 43 heavy (non-hydrogen) atoms. The van der Waals surface area contributed by atoms with Crippen LogP contribution in [0.25, 0.3) is 22.2 Å². The molecule has 3 N–H and O–H groups in total. The molecular weight excluding hydrogens is 544 g/mol. The molecule has 0 aliphatic carbocycles. The van der Waals surface area contributed by atoms with Crippen LogP contribution in [0.3, 0.4) is 0 Å². The summed E-state index contributed by atoms with van der Waals surface area (Å²) in [4.78, 5) is 23.8. The molecule has 1 aromatic carbocycles. The Bertz CT molecular complexity index is 1570. The minimum absolute atomic E-state index is 0.123. The lowest BCUT2D eigenvalue weighted by Crippen LogP contribution is -2.43. The number of rotatable bonds is 10. The van der Waals surface area contributed by atoms with Crippen molar-refractivity contribution in [2.75, 3.05) is 18.8 Å². The molecule has 2 aliphatic rings. The van der Waals surface area contributed by atoms with E-state index in [0.29, 0.717) is 23.0 Å². The Kier molecular flexibility index (Phi) is 7.95. The van der Waals surface area contributed by atoms with Crippen LogP contribution in [0.1, 0.15) is 85.3 Å². The molecule has 0 saturated carbocycles. The van der Waals surface area contributed by atoms with Gasteiger partial charge in [-0.3, -0.25) is 9.47 Å². The third-order valence-electron chi connectivity index (χ3n) is 8.69. The van der Waals surface area contributed by atoms with Crippen molar-refractivity contribution < 1.29 is 14.2 Å². The van der Waals surface area contributed by atoms with Gasteiger partial charge in [-0.1, -0.05) is 33.3 Å². The van der Waals surface area contributed by atoms with Gasteiger partial charge in [0.05, 0.1) is 17.4 Å². The van der Waals surface area contributed by atoms with Crippen molar-refractivity contribution in [1.29, 1.82) is 0 Å². The van der Waals surface area contributed by atoms with Crippen LogP contribution in [-0.4, -0.2) is 77.6 Å². The summed E-state index contributed by atoms with van der Waals surface area (Å²) < 4.78 is 21.3. The molecule has 4 atom stereocenters. The van der Waals surface area contributed by atoms with Crippen molar-refractivity contribution in [3.63, 3.8) is 0 Å². The number of hydrogen-bond donors (Lipinski definition) is 2. The Morgan fingerprint density at radius 2 is 1.86 bits per heavy atom. The number of nitrogens with zero attached hydrogens (tertiary/aromatic N) is 6. The summed E-state index contributed by atoms with van der Waals surface area (Å²) in [5, 5.41) is 0. The van der Waals surface area contributed by atoms with Crippen molar-refractivity contribution in [3.05, 3.63) is 42.2 Å². The predicted molar refractivity (Wildman–Crippen MR) is 167 cm³/mol. The SMILES string of the molecule is CC(C)N(CCCCCc1nc2ccc(C(C)(C)C)cc2[nH]1)C[C@H]1O[C@@H](n2cnc3c(N)ncnc32)[C@@H]2OC(C)(C)O[C@@H]21. The number of unbranched alkanes of at least 4 members (excludes halogenated alkanes) is 2. The van der Waals surface area contributed by atoms with Crippen LogP contribution in [0.5, 0.6) is 0 Å². The lowest BCUT2D eigenvalue weighted by molar-refractivity contribution is -0.198. The second-order valence-electron chi connectivity index (χ2n) is 13.8. The van der Waals surface area contributed by atoms with Crippen molar-refractivity contribution in [2.45, 2.75) is 116 Å². The molecule has 2 fully saturated rings. The van der Waals surface area contributed by atoms with Crippen molar-refractivity contribution >= 4 is 28.0 Å². The molecular formula is C32H46N8O3. The molecule has 0 amide bonds. The van der Waals surface area contributed by atoms with Crippen molar-refractivity contribution in [2.24, 2.45) is 0 Å². The first-order valence-corrected chi connectivity index (χ1v) is 15.6. The summed E-state index contributed by atoms with van der Waals surface area (Å²) in [7, 11) is 0. The highest BCUT2D eigenvalue weighted by Gasteiger charge is 2.56. The molecule has 11 heteroatoms.